The van der Waals surface area contributed by atoms with E-state index in [4.69, 9.17) is 0 Å². The Morgan fingerprint density at radius 1 is 0.621 bits per heavy atom. The van der Waals surface area contributed by atoms with Crippen LogP contribution in [0, 0.1) is 0 Å². The van der Waals surface area contributed by atoms with Gasteiger partial charge in [0.2, 0.25) is 0 Å². The van der Waals surface area contributed by atoms with Gasteiger partial charge in [-0.05, 0) is 23.4 Å². The van der Waals surface area contributed by atoms with E-state index in [0.29, 0.717) is 6.20 Å². The zero-order valence-electron chi connectivity index (χ0n) is 13.5. The minimum absolute atomic E-state index is 0.234. The SMILES string of the molecule is FC(F)(F)C(F)(F)C(F)(F)C(F)(F)C(F)(F)C(F)(F)C1NC=Cc2ccccc21. The van der Waals surface area contributed by atoms with Gasteiger partial charge in [-0.25, -0.2) is 0 Å². The number of hydrogen-bond acceptors (Lipinski definition) is 1. The van der Waals surface area contributed by atoms with Crippen molar-refractivity contribution in [3.8, 4) is 0 Å². The summed E-state index contributed by atoms with van der Waals surface area (Å²) in [5, 5.41) is 1.52. The van der Waals surface area contributed by atoms with Gasteiger partial charge in [0.05, 0.1) is 0 Å². The first-order valence-electron chi connectivity index (χ1n) is 7.31. The van der Waals surface area contributed by atoms with Crippen molar-refractivity contribution in [2.75, 3.05) is 0 Å². The van der Waals surface area contributed by atoms with Crippen LogP contribution in [0.2, 0.25) is 0 Å². The fourth-order valence-electron chi connectivity index (χ4n) is 2.51. The van der Waals surface area contributed by atoms with E-state index in [1.807, 2.05) is 0 Å². The van der Waals surface area contributed by atoms with Crippen molar-refractivity contribution in [3.05, 3.63) is 41.6 Å². The predicted molar refractivity (Wildman–Crippen MR) is 72.1 cm³/mol. The van der Waals surface area contributed by atoms with Crippen molar-refractivity contribution in [2.24, 2.45) is 0 Å². The van der Waals surface area contributed by atoms with Gasteiger partial charge in [0.1, 0.15) is 6.04 Å². The molecule has 0 aromatic heterocycles. The monoisotopic (exact) mass is 449 g/mol. The van der Waals surface area contributed by atoms with Crippen LogP contribution in [0.4, 0.5) is 57.1 Å². The van der Waals surface area contributed by atoms with E-state index in [-0.39, 0.29) is 5.56 Å². The molecule has 0 radical (unpaired) electrons. The predicted octanol–water partition coefficient (Wildman–Crippen LogP) is 6.04. The van der Waals surface area contributed by atoms with E-state index in [9.17, 15) is 57.1 Å². The van der Waals surface area contributed by atoms with Crippen LogP contribution in [0.5, 0.6) is 0 Å². The summed E-state index contributed by atoms with van der Waals surface area (Å²) in [6.45, 7) is 0. The van der Waals surface area contributed by atoms with Crippen molar-refractivity contribution in [1.82, 2.24) is 5.32 Å². The van der Waals surface area contributed by atoms with Crippen LogP contribution in [0.25, 0.3) is 6.08 Å². The normalized spacial score (nSPS) is 19.0. The number of alkyl halides is 13. The second-order valence-corrected chi connectivity index (χ2v) is 5.98. The van der Waals surface area contributed by atoms with Crippen LogP contribution in [0.15, 0.2) is 30.5 Å². The first kappa shape index (κ1) is 23.1. The van der Waals surface area contributed by atoms with Gasteiger partial charge in [-0.3, -0.25) is 0 Å². The molecule has 0 fully saturated rings. The molecule has 2 rings (SSSR count). The van der Waals surface area contributed by atoms with Gasteiger partial charge < -0.3 is 5.32 Å². The highest BCUT2D eigenvalue weighted by Gasteiger charge is 2.91. The number of rotatable bonds is 5. The Balaban J connectivity index is 2.59. The molecule has 0 saturated heterocycles. The lowest BCUT2D eigenvalue weighted by molar-refractivity contribution is -0.441. The number of hydrogen-bond donors (Lipinski definition) is 1. The van der Waals surface area contributed by atoms with Crippen LogP contribution in [0.1, 0.15) is 17.2 Å². The van der Waals surface area contributed by atoms with Crippen molar-refractivity contribution in [1.29, 1.82) is 0 Å². The molecular weight excluding hydrogens is 441 g/mol. The van der Waals surface area contributed by atoms with E-state index in [1.54, 1.807) is 0 Å². The van der Waals surface area contributed by atoms with Crippen molar-refractivity contribution in [2.45, 2.75) is 41.8 Å². The van der Waals surface area contributed by atoms with E-state index < -0.39 is 47.4 Å². The lowest BCUT2D eigenvalue weighted by Gasteiger charge is -2.42. The molecule has 1 atom stereocenters. The van der Waals surface area contributed by atoms with Gasteiger partial charge in [-0.15, -0.1) is 0 Å². The van der Waals surface area contributed by atoms with Gasteiger partial charge in [0.15, 0.2) is 0 Å². The maximum Gasteiger partial charge on any atom is 0.460 e. The largest absolute Gasteiger partial charge is 0.460 e. The molecule has 1 aliphatic heterocycles. The molecule has 1 N–H and O–H groups in total. The lowest BCUT2D eigenvalue weighted by Crippen LogP contribution is -2.71. The summed E-state index contributed by atoms with van der Waals surface area (Å²) in [5.41, 5.74) is -1.04. The summed E-state index contributed by atoms with van der Waals surface area (Å²) in [5.74, 6) is -37.0. The minimum atomic E-state index is -7.91. The Morgan fingerprint density at radius 3 is 1.62 bits per heavy atom. The number of benzene rings is 1. The lowest BCUT2D eigenvalue weighted by atomic mass is 9.85. The Hall–Kier alpha value is -2.15. The molecule has 0 aliphatic carbocycles. The number of nitrogens with one attached hydrogen (secondary N) is 1. The topological polar surface area (TPSA) is 12.0 Å². The summed E-state index contributed by atoms with van der Waals surface area (Å²) >= 11 is 0. The summed E-state index contributed by atoms with van der Waals surface area (Å²) in [4.78, 5) is 0. The Morgan fingerprint density at radius 2 is 1.10 bits per heavy atom. The van der Waals surface area contributed by atoms with Crippen LogP contribution in [-0.2, 0) is 0 Å². The van der Waals surface area contributed by atoms with Crippen molar-refractivity contribution >= 4 is 6.08 Å². The summed E-state index contributed by atoms with van der Waals surface area (Å²) < 4.78 is 172. The van der Waals surface area contributed by atoms with E-state index >= 15 is 0 Å². The second-order valence-electron chi connectivity index (χ2n) is 5.98. The first-order chi connectivity index (χ1) is 12.8. The highest BCUT2D eigenvalue weighted by atomic mass is 19.4. The molecule has 1 aromatic carbocycles. The standard InChI is InChI=1S/C15H8F13N/c16-10(17,9-8-4-2-1-3-7(8)5-6-29-9)11(18,19)12(20,21)13(22,23)14(24,25)15(26,27)28/h1-6,9,29H. The molecule has 1 heterocycles. The summed E-state index contributed by atoms with van der Waals surface area (Å²) in [6.07, 6.45) is -5.84. The van der Waals surface area contributed by atoms with Gasteiger partial charge in [-0.1, -0.05) is 24.3 Å². The average molecular weight is 449 g/mol. The van der Waals surface area contributed by atoms with E-state index in [2.05, 4.69) is 0 Å². The quantitative estimate of drug-likeness (QED) is 0.541. The van der Waals surface area contributed by atoms with Gasteiger partial charge in [0, 0.05) is 0 Å². The smallest absolute Gasteiger partial charge is 0.379 e. The zero-order valence-corrected chi connectivity index (χ0v) is 13.5. The van der Waals surface area contributed by atoms with Gasteiger partial charge >= 0.3 is 35.8 Å². The fourth-order valence-corrected chi connectivity index (χ4v) is 2.51. The number of fused-ring (bicyclic) bond motifs is 1. The highest BCUT2D eigenvalue weighted by Crippen LogP contribution is 2.62. The molecule has 0 saturated carbocycles. The fraction of sp³-hybridized carbons (Fsp3) is 0.467. The van der Waals surface area contributed by atoms with Crippen LogP contribution in [-0.4, -0.2) is 35.8 Å². The highest BCUT2D eigenvalue weighted by molar-refractivity contribution is 5.57. The maximum atomic E-state index is 14.3. The third kappa shape index (κ3) is 3.01. The molecule has 0 bridgehead atoms. The average Bonchev–Trinajstić information content (AvgIpc) is 2.59. The van der Waals surface area contributed by atoms with Crippen molar-refractivity contribution in [3.63, 3.8) is 0 Å². The molecule has 14 heteroatoms. The maximum absolute atomic E-state index is 14.3. The zero-order chi connectivity index (χ0) is 22.7. The third-order valence-corrected chi connectivity index (χ3v) is 4.15. The molecule has 1 nitrogen and oxygen atoms in total. The van der Waals surface area contributed by atoms with E-state index in [1.165, 1.54) is 11.4 Å². The van der Waals surface area contributed by atoms with Gasteiger partial charge in [-0.2, -0.15) is 57.1 Å². The van der Waals surface area contributed by atoms with Crippen molar-refractivity contribution < 1.29 is 57.1 Å². The third-order valence-electron chi connectivity index (χ3n) is 4.15. The molecule has 0 amide bonds. The molecule has 1 aliphatic rings. The first-order valence-corrected chi connectivity index (χ1v) is 7.31. The molecular formula is C15H8F13N. The van der Waals surface area contributed by atoms with E-state index in [0.717, 1.165) is 24.3 Å². The number of halogens is 13. The Labute approximate surface area is 153 Å². The molecule has 29 heavy (non-hydrogen) atoms. The van der Waals surface area contributed by atoms with Crippen LogP contribution < -0.4 is 5.32 Å². The Bertz CT molecular complexity index is 794. The second kappa shape index (κ2) is 6.42. The van der Waals surface area contributed by atoms with Gasteiger partial charge in [0.25, 0.3) is 0 Å². The summed E-state index contributed by atoms with van der Waals surface area (Å²) in [7, 11) is 0. The molecule has 0 spiro atoms. The van der Waals surface area contributed by atoms with Crippen LogP contribution in [0.3, 0.4) is 0 Å². The molecule has 1 aromatic rings. The Kier molecular flexibility index (Phi) is 5.12. The molecule has 164 valence electrons. The molecule has 1 unspecified atom stereocenters. The van der Waals surface area contributed by atoms with Crippen LogP contribution >= 0.6 is 0 Å². The minimum Gasteiger partial charge on any atom is -0.379 e. The summed E-state index contributed by atoms with van der Waals surface area (Å²) in [6, 6.07) is 0.847.